The maximum atomic E-state index is 6.26. The smallest absolute Gasteiger partial charge is 0.399 e. The second-order valence-corrected chi connectivity index (χ2v) is 9.52. The van der Waals surface area contributed by atoms with Gasteiger partial charge in [0, 0.05) is 16.7 Å². The van der Waals surface area contributed by atoms with Gasteiger partial charge in [0.25, 0.3) is 0 Å². The van der Waals surface area contributed by atoms with Gasteiger partial charge in [0.15, 0.2) is 17.5 Å². The van der Waals surface area contributed by atoms with Gasteiger partial charge >= 0.3 is 7.12 Å². The molecule has 1 aromatic carbocycles. The van der Waals surface area contributed by atoms with Gasteiger partial charge in [0.1, 0.15) is 0 Å². The maximum Gasteiger partial charge on any atom is 0.494 e. The molecule has 1 saturated heterocycles. The minimum absolute atomic E-state index is 0.405. The van der Waals surface area contributed by atoms with E-state index in [1.165, 1.54) is 0 Å². The SMILES string of the molecule is C=C/C=C(\C=C/C)c1nc(C2=CCCC=C2)nc(-c2cccc(B3OC(C)(C)C(C)(C)O3)c2)n1. The number of rotatable bonds is 6. The maximum absolute atomic E-state index is 6.26. The quantitative estimate of drug-likeness (QED) is 0.414. The van der Waals surface area contributed by atoms with Crippen LogP contribution in [0.5, 0.6) is 0 Å². The molecule has 0 amide bonds. The molecule has 2 aromatic rings. The van der Waals surface area contributed by atoms with Crippen LogP contribution in [0.4, 0.5) is 0 Å². The minimum Gasteiger partial charge on any atom is -0.399 e. The van der Waals surface area contributed by atoms with Gasteiger partial charge in [-0.25, -0.2) is 15.0 Å². The molecule has 0 spiro atoms. The summed E-state index contributed by atoms with van der Waals surface area (Å²) in [5.74, 6) is 1.88. The van der Waals surface area contributed by atoms with Crippen molar-refractivity contribution in [3.63, 3.8) is 0 Å². The summed E-state index contributed by atoms with van der Waals surface area (Å²) in [6, 6.07) is 8.06. The molecule has 0 atom stereocenters. The van der Waals surface area contributed by atoms with Crippen LogP contribution >= 0.6 is 0 Å². The molecule has 1 aromatic heterocycles. The summed E-state index contributed by atoms with van der Waals surface area (Å²) in [7, 11) is -0.450. The minimum atomic E-state index is -0.450. The summed E-state index contributed by atoms with van der Waals surface area (Å²) >= 11 is 0. The van der Waals surface area contributed by atoms with Gasteiger partial charge in [-0.2, -0.15) is 0 Å². The molecule has 6 heteroatoms. The Morgan fingerprint density at radius 2 is 1.76 bits per heavy atom. The van der Waals surface area contributed by atoms with Crippen molar-refractivity contribution in [1.82, 2.24) is 15.0 Å². The number of benzene rings is 1. The van der Waals surface area contributed by atoms with Crippen molar-refractivity contribution in [3.05, 3.63) is 85.0 Å². The largest absolute Gasteiger partial charge is 0.494 e. The van der Waals surface area contributed by atoms with Crippen LogP contribution in [0.2, 0.25) is 0 Å². The van der Waals surface area contributed by atoms with E-state index in [2.05, 4.69) is 52.5 Å². The Bertz CT molecular complexity index is 1190. The van der Waals surface area contributed by atoms with Crippen LogP contribution in [0.3, 0.4) is 0 Å². The van der Waals surface area contributed by atoms with Crippen molar-refractivity contribution in [1.29, 1.82) is 0 Å². The molecule has 0 radical (unpaired) electrons. The average molecular weight is 453 g/mol. The molecule has 1 fully saturated rings. The Kier molecular flexibility index (Phi) is 6.83. The van der Waals surface area contributed by atoms with Crippen LogP contribution in [0.15, 0.2) is 73.4 Å². The predicted octanol–water partition coefficient (Wildman–Crippen LogP) is 5.72. The first kappa shape index (κ1) is 24.1. The average Bonchev–Trinajstić information content (AvgIpc) is 3.06. The number of hydrogen-bond acceptors (Lipinski definition) is 5. The third-order valence-corrected chi connectivity index (χ3v) is 6.46. The molecular formula is C28H32BN3O2. The lowest BCUT2D eigenvalue weighted by atomic mass is 9.78. The Morgan fingerprint density at radius 1 is 1.03 bits per heavy atom. The Balaban J connectivity index is 1.80. The fourth-order valence-electron chi connectivity index (χ4n) is 3.86. The molecule has 34 heavy (non-hydrogen) atoms. The van der Waals surface area contributed by atoms with Crippen molar-refractivity contribution in [2.24, 2.45) is 0 Å². The first-order valence-corrected chi connectivity index (χ1v) is 11.8. The van der Waals surface area contributed by atoms with Crippen LogP contribution in [0, 0.1) is 0 Å². The van der Waals surface area contributed by atoms with Gasteiger partial charge in [-0.3, -0.25) is 0 Å². The van der Waals surface area contributed by atoms with E-state index in [0.717, 1.165) is 35.0 Å². The third kappa shape index (κ3) is 4.89. The van der Waals surface area contributed by atoms with Gasteiger partial charge < -0.3 is 9.31 Å². The molecule has 2 aliphatic rings. The highest BCUT2D eigenvalue weighted by Gasteiger charge is 2.51. The lowest BCUT2D eigenvalue weighted by Crippen LogP contribution is -2.41. The molecule has 5 nitrogen and oxygen atoms in total. The second kappa shape index (κ2) is 9.65. The summed E-state index contributed by atoms with van der Waals surface area (Å²) < 4.78 is 12.5. The normalized spacial score (nSPS) is 19.5. The molecule has 174 valence electrons. The Hall–Kier alpha value is -3.09. The van der Waals surface area contributed by atoms with Crippen LogP contribution < -0.4 is 5.46 Å². The van der Waals surface area contributed by atoms with E-state index in [1.54, 1.807) is 6.08 Å². The Labute approximate surface area is 203 Å². The summed E-state index contributed by atoms with van der Waals surface area (Å²) in [4.78, 5) is 14.5. The van der Waals surface area contributed by atoms with E-state index >= 15 is 0 Å². The van der Waals surface area contributed by atoms with E-state index in [1.807, 2.05) is 49.4 Å². The van der Waals surface area contributed by atoms with Crippen molar-refractivity contribution in [3.8, 4) is 11.4 Å². The number of allylic oxidation sites excluding steroid dienone is 9. The Morgan fingerprint density at radius 3 is 2.41 bits per heavy atom. The predicted molar refractivity (Wildman–Crippen MR) is 140 cm³/mol. The lowest BCUT2D eigenvalue weighted by molar-refractivity contribution is 0.00578. The zero-order chi connectivity index (χ0) is 24.3. The standard InChI is InChI=1S/C28H32BN3O2/c1-7-13-20(14-8-2)24-30-25(21-15-10-9-11-16-21)32-26(31-24)22-17-12-18-23(19-22)29-33-27(3,4)28(5,6)34-29/h7-8,10,12-19H,1,9,11H2,2-6H3/b14-8-,20-13+. The number of aromatic nitrogens is 3. The molecule has 0 bridgehead atoms. The third-order valence-electron chi connectivity index (χ3n) is 6.46. The number of hydrogen-bond donors (Lipinski definition) is 0. The fourth-order valence-corrected chi connectivity index (χ4v) is 3.86. The van der Waals surface area contributed by atoms with E-state index in [9.17, 15) is 0 Å². The van der Waals surface area contributed by atoms with E-state index < -0.39 is 18.3 Å². The van der Waals surface area contributed by atoms with E-state index in [4.69, 9.17) is 24.3 Å². The first-order valence-electron chi connectivity index (χ1n) is 11.8. The van der Waals surface area contributed by atoms with Gasteiger partial charge in [-0.05, 0) is 52.9 Å². The van der Waals surface area contributed by atoms with Crippen molar-refractivity contribution < 1.29 is 9.31 Å². The topological polar surface area (TPSA) is 57.1 Å². The van der Waals surface area contributed by atoms with Gasteiger partial charge in [0.05, 0.1) is 11.2 Å². The molecule has 2 heterocycles. The van der Waals surface area contributed by atoms with Crippen LogP contribution in [-0.4, -0.2) is 33.3 Å². The van der Waals surface area contributed by atoms with Gasteiger partial charge in [-0.1, -0.05) is 73.4 Å². The summed E-state index contributed by atoms with van der Waals surface area (Å²) in [6.45, 7) is 14.0. The second-order valence-electron chi connectivity index (χ2n) is 9.52. The molecule has 1 aliphatic carbocycles. The highest BCUT2D eigenvalue weighted by atomic mass is 16.7. The molecule has 1 aliphatic heterocycles. The molecular weight excluding hydrogens is 421 g/mol. The summed E-state index contributed by atoms with van der Waals surface area (Å²) in [6.07, 6.45) is 16.0. The van der Waals surface area contributed by atoms with Crippen LogP contribution in [0.1, 0.15) is 59.1 Å². The molecule has 4 rings (SSSR count). The zero-order valence-corrected chi connectivity index (χ0v) is 20.7. The zero-order valence-electron chi connectivity index (χ0n) is 20.7. The van der Waals surface area contributed by atoms with Crippen molar-refractivity contribution in [2.45, 2.75) is 58.7 Å². The van der Waals surface area contributed by atoms with Crippen molar-refractivity contribution in [2.75, 3.05) is 0 Å². The van der Waals surface area contributed by atoms with Gasteiger partial charge in [-0.15, -0.1) is 0 Å². The summed E-state index contributed by atoms with van der Waals surface area (Å²) in [5.41, 5.74) is 2.90. The highest BCUT2D eigenvalue weighted by molar-refractivity contribution is 6.62. The first-order chi connectivity index (χ1) is 16.2. The number of nitrogens with zero attached hydrogens (tertiary/aromatic N) is 3. The molecule has 0 unspecified atom stereocenters. The van der Waals surface area contributed by atoms with Crippen LogP contribution in [0.25, 0.3) is 22.5 Å². The fraction of sp³-hybridized carbons (Fsp3) is 0.321. The summed E-state index contributed by atoms with van der Waals surface area (Å²) in [5, 5.41) is 0. The van der Waals surface area contributed by atoms with E-state index in [0.29, 0.717) is 17.5 Å². The van der Waals surface area contributed by atoms with Crippen molar-refractivity contribution >= 4 is 23.7 Å². The highest BCUT2D eigenvalue weighted by Crippen LogP contribution is 2.36. The molecule has 0 saturated carbocycles. The van der Waals surface area contributed by atoms with E-state index in [-0.39, 0.29) is 0 Å². The molecule has 0 N–H and O–H groups in total. The monoisotopic (exact) mass is 453 g/mol. The van der Waals surface area contributed by atoms with Gasteiger partial charge in [0.2, 0.25) is 0 Å². The lowest BCUT2D eigenvalue weighted by Gasteiger charge is -2.32. The van der Waals surface area contributed by atoms with Crippen LogP contribution in [-0.2, 0) is 9.31 Å².